The van der Waals surface area contributed by atoms with Gasteiger partial charge in [-0.05, 0) is 6.92 Å². The van der Waals surface area contributed by atoms with E-state index in [-0.39, 0.29) is 23.4 Å². The number of hydrogen-bond acceptors (Lipinski definition) is 2. The van der Waals surface area contributed by atoms with Crippen LogP contribution in [0.1, 0.15) is 34.6 Å². The van der Waals surface area contributed by atoms with Crippen molar-refractivity contribution >= 4 is 5.78 Å². The Morgan fingerprint density at radius 2 is 1.50 bits per heavy atom. The molecular weight excluding hydrogens is 152 g/mol. The van der Waals surface area contributed by atoms with E-state index in [0.717, 1.165) is 0 Å². The van der Waals surface area contributed by atoms with Crippen molar-refractivity contribution in [1.29, 1.82) is 0 Å². The molecule has 0 aliphatic heterocycles. The number of ketones is 1. The van der Waals surface area contributed by atoms with Crippen LogP contribution in [0.15, 0.2) is 11.3 Å². The molecule has 70 valence electrons. The van der Waals surface area contributed by atoms with Crippen molar-refractivity contribution in [2.75, 3.05) is 0 Å². The molecule has 0 rings (SSSR count). The van der Waals surface area contributed by atoms with Crippen molar-refractivity contribution in [2.24, 2.45) is 11.8 Å². The van der Waals surface area contributed by atoms with Gasteiger partial charge >= 0.3 is 0 Å². The van der Waals surface area contributed by atoms with Crippen LogP contribution in [0.2, 0.25) is 0 Å². The third kappa shape index (κ3) is 2.68. The van der Waals surface area contributed by atoms with Crippen molar-refractivity contribution < 1.29 is 9.90 Å². The van der Waals surface area contributed by atoms with E-state index in [4.69, 9.17) is 0 Å². The van der Waals surface area contributed by atoms with E-state index < -0.39 is 0 Å². The molecule has 0 unspecified atom stereocenters. The lowest BCUT2D eigenvalue weighted by molar-refractivity contribution is -0.118. The summed E-state index contributed by atoms with van der Waals surface area (Å²) in [4.78, 5) is 11.4. The van der Waals surface area contributed by atoms with Gasteiger partial charge in [0.25, 0.3) is 0 Å². The molecule has 2 nitrogen and oxygen atoms in total. The molecule has 0 fully saturated rings. The minimum atomic E-state index is -0.0362. The van der Waals surface area contributed by atoms with Gasteiger partial charge in [-0.3, -0.25) is 4.79 Å². The summed E-state index contributed by atoms with van der Waals surface area (Å²) in [6, 6.07) is 0. The lowest BCUT2D eigenvalue weighted by Crippen LogP contribution is -2.12. The van der Waals surface area contributed by atoms with Gasteiger partial charge in [-0.2, -0.15) is 0 Å². The van der Waals surface area contributed by atoms with Gasteiger partial charge in [0, 0.05) is 17.4 Å². The Hall–Kier alpha value is -0.790. The zero-order valence-electron chi connectivity index (χ0n) is 8.51. The van der Waals surface area contributed by atoms with Crippen molar-refractivity contribution in [3.05, 3.63) is 11.3 Å². The van der Waals surface area contributed by atoms with Crippen LogP contribution in [0.5, 0.6) is 0 Å². The molecule has 0 heterocycles. The minimum absolute atomic E-state index is 0.0289. The van der Waals surface area contributed by atoms with E-state index in [9.17, 15) is 9.90 Å². The lowest BCUT2D eigenvalue weighted by Gasteiger charge is -2.10. The fourth-order valence-electron chi connectivity index (χ4n) is 0.992. The van der Waals surface area contributed by atoms with Gasteiger partial charge in [-0.15, -0.1) is 0 Å². The summed E-state index contributed by atoms with van der Waals surface area (Å²) in [5, 5.41) is 9.47. The molecule has 0 spiro atoms. The average molecular weight is 170 g/mol. The molecule has 2 heteroatoms. The van der Waals surface area contributed by atoms with Crippen LogP contribution in [0, 0.1) is 11.8 Å². The summed E-state index contributed by atoms with van der Waals surface area (Å²) in [6.45, 7) is 9.08. The second kappa shape index (κ2) is 4.29. The molecule has 1 N–H and O–H groups in total. The predicted octanol–water partition coefficient (Wildman–Crippen LogP) is 2.70. The first kappa shape index (κ1) is 11.2. The number of allylic oxidation sites excluding steroid dienone is 2. The first-order chi connectivity index (χ1) is 5.37. The predicted molar refractivity (Wildman–Crippen MR) is 50.0 cm³/mol. The van der Waals surface area contributed by atoms with E-state index >= 15 is 0 Å². The van der Waals surface area contributed by atoms with Crippen LogP contribution in [-0.2, 0) is 4.79 Å². The topological polar surface area (TPSA) is 37.3 Å². The van der Waals surface area contributed by atoms with E-state index in [1.165, 1.54) is 0 Å². The summed E-state index contributed by atoms with van der Waals surface area (Å²) in [6.07, 6.45) is 0. The number of Topliss-reactive ketones (excluding diaryl/α,β-unsaturated/α-hetero) is 1. The molecule has 0 aromatic heterocycles. The molecule has 0 saturated heterocycles. The van der Waals surface area contributed by atoms with Crippen molar-refractivity contribution in [3.8, 4) is 0 Å². The molecule has 0 atom stereocenters. The standard InChI is InChI=1S/C10H18O2/c1-6(2)9(11)8(5)10(12)7(3)4/h6-7,11H,1-5H3/b9-8-. The summed E-state index contributed by atoms with van der Waals surface area (Å²) in [5.41, 5.74) is 0.500. The zero-order chi connectivity index (χ0) is 9.89. The Morgan fingerprint density at radius 1 is 1.08 bits per heavy atom. The maximum absolute atomic E-state index is 11.4. The van der Waals surface area contributed by atoms with Crippen molar-refractivity contribution in [2.45, 2.75) is 34.6 Å². The second-order valence-corrected chi connectivity index (χ2v) is 3.68. The molecule has 0 aromatic rings. The van der Waals surface area contributed by atoms with E-state index in [1.807, 2.05) is 27.7 Å². The van der Waals surface area contributed by atoms with Gasteiger partial charge in [0.05, 0.1) is 0 Å². The number of aliphatic hydroxyl groups excluding tert-OH is 1. The molecule has 0 aliphatic carbocycles. The quantitative estimate of drug-likeness (QED) is 0.522. The normalized spacial score (nSPS) is 13.6. The molecule has 0 aromatic carbocycles. The Bertz CT molecular complexity index is 200. The highest BCUT2D eigenvalue weighted by Gasteiger charge is 2.15. The van der Waals surface area contributed by atoms with Gasteiger partial charge in [0.1, 0.15) is 5.76 Å². The smallest absolute Gasteiger partial charge is 0.164 e. The Labute approximate surface area is 74.3 Å². The SMILES string of the molecule is C/C(C(=O)C(C)C)=C(/O)C(C)C. The molecular formula is C10H18O2. The van der Waals surface area contributed by atoms with Gasteiger partial charge in [-0.1, -0.05) is 27.7 Å². The van der Waals surface area contributed by atoms with Crippen LogP contribution in [0.25, 0.3) is 0 Å². The van der Waals surface area contributed by atoms with Crippen molar-refractivity contribution in [1.82, 2.24) is 0 Å². The highest BCUT2D eigenvalue weighted by atomic mass is 16.3. The van der Waals surface area contributed by atoms with Crippen LogP contribution in [0.3, 0.4) is 0 Å². The van der Waals surface area contributed by atoms with Crippen LogP contribution >= 0.6 is 0 Å². The number of carbonyl (C=O) groups is 1. The summed E-state index contributed by atoms with van der Waals surface area (Å²) >= 11 is 0. The molecule has 12 heavy (non-hydrogen) atoms. The molecule has 0 bridgehead atoms. The fraction of sp³-hybridized carbons (Fsp3) is 0.700. The van der Waals surface area contributed by atoms with Crippen LogP contribution < -0.4 is 0 Å². The number of carbonyl (C=O) groups excluding carboxylic acids is 1. The molecule has 0 radical (unpaired) electrons. The van der Waals surface area contributed by atoms with E-state index in [0.29, 0.717) is 5.57 Å². The molecule has 0 saturated carbocycles. The number of aliphatic hydroxyl groups is 1. The third-order valence-corrected chi connectivity index (χ3v) is 1.83. The summed E-state index contributed by atoms with van der Waals surface area (Å²) in [5.74, 6) is 0.244. The monoisotopic (exact) mass is 170 g/mol. The average Bonchev–Trinajstić information content (AvgIpc) is 2.00. The van der Waals surface area contributed by atoms with Gasteiger partial charge in [-0.25, -0.2) is 0 Å². The molecule has 0 amide bonds. The van der Waals surface area contributed by atoms with Crippen molar-refractivity contribution in [3.63, 3.8) is 0 Å². The highest BCUT2D eigenvalue weighted by molar-refractivity contribution is 5.96. The van der Waals surface area contributed by atoms with E-state index in [2.05, 4.69) is 0 Å². The summed E-state index contributed by atoms with van der Waals surface area (Å²) < 4.78 is 0. The van der Waals surface area contributed by atoms with Crippen LogP contribution in [0.4, 0.5) is 0 Å². The van der Waals surface area contributed by atoms with Gasteiger partial charge in [0.15, 0.2) is 5.78 Å². The first-order valence-corrected chi connectivity index (χ1v) is 4.31. The van der Waals surface area contributed by atoms with Crippen LogP contribution in [-0.4, -0.2) is 10.9 Å². The third-order valence-electron chi connectivity index (χ3n) is 1.83. The maximum Gasteiger partial charge on any atom is 0.164 e. The lowest BCUT2D eigenvalue weighted by atomic mass is 9.98. The molecule has 0 aliphatic rings. The number of hydrogen-bond donors (Lipinski definition) is 1. The number of rotatable bonds is 3. The Balaban J connectivity index is 4.67. The van der Waals surface area contributed by atoms with Gasteiger partial charge in [0.2, 0.25) is 0 Å². The first-order valence-electron chi connectivity index (χ1n) is 4.31. The highest BCUT2D eigenvalue weighted by Crippen LogP contribution is 2.15. The summed E-state index contributed by atoms with van der Waals surface area (Å²) in [7, 11) is 0. The Morgan fingerprint density at radius 3 is 1.75 bits per heavy atom. The maximum atomic E-state index is 11.4. The van der Waals surface area contributed by atoms with E-state index in [1.54, 1.807) is 6.92 Å². The minimum Gasteiger partial charge on any atom is -0.512 e. The fourth-order valence-corrected chi connectivity index (χ4v) is 0.992. The largest absolute Gasteiger partial charge is 0.512 e. The Kier molecular flexibility index (Phi) is 4.01. The van der Waals surface area contributed by atoms with Gasteiger partial charge < -0.3 is 5.11 Å². The zero-order valence-corrected chi connectivity index (χ0v) is 8.51. The second-order valence-electron chi connectivity index (χ2n) is 3.68.